The van der Waals surface area contributed by atoms with Gasteiger partial charge < -0.3 is 4.90 Å². The summed E-state index contributed by atoms with van der Waals surface area (Å²) in [5.74, 6) is -0.538. The summed E-state index contributed by atoms with van der Waals surface area (Å²) in [5, 5.41) is 0.528. The number of amides is 2. The normalized spacial score (nSPS) is 18.4. The van der Waals surface area contributed by atoms with Crippen molar-refractivity contribution in [2.45, 2.75) is 19.8 Å². The Morgan fingerprint density at radius 1 is 0.929 bits per heavy atom. The van der Waals surface area contributed by atoms with Gasteiger partial charge in [-0.3, -0.25) is 9.59 Å². The first-order valence-electron chi connectivity index (χ1n) is 9.35. The van der Waals surface area contributed by atoms with E-state index in [2.05, 4.69) is 6.92 Å². The maximum atomic E-state index is 13.4. The SMILES string of the molecule is CC1CCN(C2=C(c3ccc(F)cc3)C(=O)N(c3ccc(Cl)cc3)C2=O)CC1. The van der Waals surface area contributed by atoms with Crippen LogP contribution in [0.4, 0.5) is 10.1 Å². The molecule has 0 spiro atoms. The molecule has 2 aliphatic rings. The van der Waals surface area contributed by atoms with E-state index in [1.165, 1.54) is 17.0 Å². The quantitative estimate of drug-likeness (QED) is 0.715. The van der Waals surface area contributed by atoms with Crippen LogP contribution >= 0.6 is 11.6 Å². The zero-order valence-corrected chi connectivity index (χ0v) is 16.2. The lowest BCUT2D eigenvalue weighted by molar-refractivity contribution is -0.120. The number of halogens is 2. The van der Waals surface area contributed by atoms with Crippen LogP contribution in [0.5, 0.6) is 0 Å². The Morgan fingerprint density at radius 3 is 2.14 bits per heavy atom. The van der Waals surface area contributed by atoms with Crippen LogP contribution in [0.15, 0.2) is 54.2 Å². The average molecular weight is 399 g/mol. The van der Waals surface area contributed by atoms with Crippen LogP contribution in [0.25, 0.3) is 5.57 Å². The van der Waals surface area contributed by atoms with Gasteiger partial charge in [-0.25, -0.2) is 9.29 Å². The largest absolute Gasteiger partial charge is 0.366 e. The number of anilines is 1. The molecule has 0 N–H and O–H groups in total. The zero-order valence-electron chi connectivity index (χ0n) is 15.5. The lowest BCUT2D eigenvalue weighted by atomic mass is 9.97. The predicted molar refractivity (Wildman–Crippen MR) is 107 cm³/mol. The van der Waals surface area contributed by atoms with E-state index in [1.54, 1.807) is 36.4 Å². The molecule has 0 saturated carbocycles. The minimum atomic E-state index is -0.396. The second-order valence-corrected chi connectivity index (χ2v) is 7.76. The van der Waals surface area contributed by atoms with Gasteiger partial charge in [-0.05, 0) is 60.7 Å². The Hall–Kier alpha value is -2.66. The van der Waals surface area contributed by atoms with Gasteiger partial charge in [0, 0.05) is 18.1 Å². The van der Waals surface area contributed by atoms with Crippen LogP contribution in [0.3, 0.4) is 0 Å². The summed E-state index contributed by atoms with van der Waals surface area (Å²) in [6.45, 7) is 3.62. The Kier molecular flexibility index (Phi) is 4.94. The monoisotopic (exact) mass is 398 g/mol. The third-order valence-electron chi connectivity index (χ3n) is 5.38. The molecule has 4 rings (SSSR count). The highest BCUT2D eigenvalue weighted by molar-refractivity contribution is 6.45. The lowest BCUT2D eigenvalue weighted by Crippen LogP contribution is -2.38. The number of carbonyl (C=O) groups excluding carboxylic acids is 2. The van der Waals surface area contributed by atoms with E-state index in [0.29, 0.717) is 46.6 Å². The summed E-state index contributed by atoms with van der Waals surface area (Å²) >= 11 is 5.95. The first-order valence-corrected chi connectivity index (χ1v) is 9.73. The van der Waals surface area contributed by atoms with Gasteiger partial charge in [0.2, 0.25) is 0 Å². The fraction of sp³-hybridized carbons (Fsp3) is 0.273. The summed E-state index contributed by atoms with van der Waals surface area (Å²) in [5.41, 5.74) is 1.75. The van der Waals surface area contributed by atoms with E-state index in [-0.39, 0.29) is 11.7 Å². The van der Waals surface area contributed by atoms with E-state index >= 15 is 0 Å². The van der Waals surface area contributed by atoms with Crippen molar-refractivity contribution in [3.8, 4) is 0 Å². The summed E-state index contributed by atoms with van der Waals surface area (Å²) < 4.78 is 13.4. The van der Waals surface area contributed by atoms with Gasteiger partial charge in [-0.2, -0.15) is 0 Å². The molecule has 2 amide bonds. The summed E-state index contributed by atoms with van der Waals surface area (Å²) in [7, 11) is 0. The molecular weight excluding hydrogens is 379 g/mol. The van der Waals surface area contributed by atoms with Gasteiger partial charge in [0.1, 0.15) is 11.5 Å². The fourth-order valence-corrected chi connectivity index (χ4v) is 3.87. The van der Waals surface area contributed by atoms with Gasteiger partial charge in [-0.15, -0.1) is 0 Å². The Balaban J connectivity index is 1.79. The van der Waals surface area contributed by atoms with E-state index in [1.807, 2.05) is 4.90 Å². The molecule has 28 heavy (non-hydrogen) atoms. The molecule has 1 saturated heterocycles. The molecule has 6 heteroatoms. The molecule has 144 valence electrons. The first kappa shape index (κ1) is 18.7. The van der Waals surface area contributed by atoms with Gasteiger partial charge >= 0.3 is 0 Å². The highest BCUT2D eigenvalue weighted by Crippen LogP contribution is 2.36. The number of nitrogens with zero attached hydrogens (tertiary/aromatic N) is 2. The molecule has 1 fully saturated rings. The number of hydrogen-bond donors (Lipinski definition) is 0. The molecule has 0 radical (unpaired) electrons. The fourth-order valence-electron chi connectivity index (χ4n) is 3.75. The van der Waals surface area contributed by atoms with Crippen LogP contribution in [0.2, 0.25) is 5.02 Å². The number of benzene rings is 2. The third-order valence-corrected chi connectivity index (χ3v) is 5.63. The zero-order chi connectivity index (χ0) is 19.8. The number of rotatable bonds is 3. The van der Waals surface area contributed by atoms with E-state index in [9.17, 15) is 14.0 Å². The van der Waals surface area contributed by atoms with Crippen molar-refractivity contribution in [1.29, 1.82) is 0 Å². The molecule has 2 heterocycles. The highest BCUT2D eigenvalue weighted by atomic mass is 35.5. The second-order valence-electron chi connectivity index (χ2n) is 7.32. The van der Waals surface area contributed by atoms with Crippen LogP contribution in [0.1, 0.15) is 25.3 Å². The van der Waals surface area contributed by atoms with Crippen molar-refractivity contribution in [3.05, 3.63) is 70.6 Å². The van der Waals surface area contributed by atoms with Crippen molar-refractivity contribution in [2.24, 2.45) is 5.92 Å². The van der Waals surface area contributed by atoms with Crippen LogP contribution in [-0.2, 0) is 9.59 Å². The Labute approximate surface area is 168 Å². The number of likely N-dealkylation sites (tertiary alicyclic amines) is 1. The van der Waals surface area contributed by atoms with Gasteiger partial charge in [0.25, 0.3) is 11.8 Å². The van der Waals surface area contributed by atoms with E-state index < -0.39 is 5.91 Å². The van der Waals surface area contributed by atoms with Gasteiger partial charge in [0.15, 0.2) is 0 Å². The van der Waals surface area contributed by atoms with Crippen molar-refractivity contribution >= 4 is 34.7 Å². The molecule has 0 unspecified atom stereocenters. The van der Waals surface area contributed by atoms with Crippen LogP contribution < -0.4 is 4.90 Å². The predicted octanol–water partition coefficient (Wildman–Crippen LogP) is 4.50. The van der Waals surface area contributed by atoms with Gasteiger partial charge in [-0.1, -0.05) is 30.7 Å². The standard InChI is InChI=1S/C22H20ClFN2O2/c1-14-10-12-25(13-11-14)20-19(15-2-6-17(24)7-3-15)21(27)26(22(20)28)18-8-4-16(23)5-9-18/h2-9,14H,10-13H2,1H3. The maximum Gasteiger partial charge on any atom is 0.282 e. The molecular formula is C22H20ClFN2O2. The average Bonchev–Trinajstić information content (AvgIpc) is 2.94. The van der Waals surface area contributed by atoms with Crippen molar-refractivity contribution in [1.82, 2.24) is 4.90 Å². The molecule has 0 aliphatic carbocycles. The minimum absolute atomic E-state index is 0.328. The molecule has 0 atom stereocenters. The topological polar surface area (TPSA) is 40.6 Å². The van der Waals surface area contributed by atoms with E-state index in [0.717, 1.165) is 12.8 Å². The number of carbonyl (C=O) groups is 2. The third kappa shape index (κ3) is 3.31. The van der Waals surface area contributed by atoms with Crippen molar-refractivity contribution in [2.75, 3.05) is 18.0 Å². The van der Waals surface area contributed by atoms with Crippen LogP contribution in [-0.4, -0.2) is 29.8 Å². The van der Waals surface area contributed by atoms with Crippen molar-refractivity contribution in [3.63, 3.8) is 0 Å². The molecule has 0 bridgehead atoms. The summed E-state index contributed by atoms with van der Waals surface area (Å²) in [6.07, 6.45) is 1.92. The summed E-state index contributed by atoms with van der Waals surface area (Å²) in [6, 6.07) is 12.3. The summed E-state index contributed by atoms with van der Waals surface area (Å²) in [4.78, 5) is 29.8. The molecule has 4 nitrogen and oxygen atoms in total. The lowest BCUT2D eigenvalue weighted by Gasteiger charge is -2.32. The van der Waals surface area contributed by atoms with Crippen molar-refractivity contribution < 1.29 is 14.0 Å². The minimum Gasteiger partial charge on any atom is -0.366 e. The highest BCUT2D eigenvalue weighted by Gasteiger charge is 2.42. The first-order chi connectivity index (χ1) is 13.5. The molecule has 2 aromatic rings. The number of hydrogen-bond acceptors (Lipinski definition) is 3. The van der Waals surface area contributed by atoms with Crippen LogP contribution in [0, 0.1) is 11.7 Å². The molecule has 0 aromatic heterocycles. The van der Waals surface area contributed by atoms with E-state index in [4.69, 9.17) is 11.6 Å². The maximum absolute atomic E-state index is 13.4. The molecule has 2 aliphatic heterocycles. The Bertz CT molecular complexity index is 946. The Morgan fingerprint density at radius 2 is 1.54 bits per heavy atom. The molecule has 2 aromatic carbocycles. The van der Waals surface area contributed by atoms with Gasteiger partial charge in [0.05, 0.1) is 11.3 Å². The number of imide groups is 1. The number of piperidine rings is 1. The smallest absolute Gasteiger partial charge is 0.282 e. The second kappa shape index (κ2) is 7.40.